The lowest BCUT2D eigenvalue weighted by molar-refractivity contribution is -0.181. The summed E-state index contributed by atoms with van der Waals surface area (Å²) in [6, 6.07) is 12.0. The van der Waals surface area contributed by atoms with Crippen LogP contribution >= 0.6 is 0 Å². The normalized spacial score (nSPS) is 23.4. The van der Waals surface area contributed by atoms with Crippen LogP contribution in [0.1, 0.15) is 55.9 Å². The molecule has 1 N–H and O–H groups in total. The zero-order valence-corrected chi connectivity index (χ0v) is 17.6. The van der Waals surface area contributed by atoms with Crippen LogP contribution in [0, 0.1) is 11.2 Å². The van der Waals surface area contributed by atoms with Gasteiger partial charge in [0.25, 0.3) is 0 Å². The molecule has 1 saturated carbocycles. The Kier molecular flexibility index (Phi) is 4.91. The van der Waals surface area contributed by atoms with Crippen molar-refractivity contribution in [3.05, 3.63) is 65.7 Å². The molecule has 1 aromatic carbocycles. The largest absolute Gasteiger partial charge is 0.331 e. The summed E-state index contributed by atoms with van der Waals surface area (Å²) in [7, 11) is 0. The maximum Gasteiger partial charge on any atom is 0.317 e. The molecule has 1 unspecified atom stereocenters. The first-order valence-corrected chi connectivity index (χ1v) is 11.0. The molecular weight excluding hydrogens is 395 g/mol. The van der Waals surface area contributed by atoms with Crippen LogP contribution in [0.25, 0.3) is 0 Å². The number of urea groups is 1. The molecule has 31 heavy (non-hydrogen) atoms. The number of likely N-dealkylation sites (tertiary alicyclic amines) is 2. The van der Waals surface area contributed by atoms with Crippen molar-refractivity contribution in [2.75, 3.05) is 13.1 Å². The molecule has 2 aromatic rings. The minimum Gasteiger partial charge on any atom is -0.331 e. The first-order valence-electron chi connectivity index (χ1n) is 11.0. The first kappa shape index (κ1) is 20.0. The average Bonchev–Trinajstić information content (AvgIpc) is 3.63. The van der Waals surface area contributed by atoms with E-state index in [-0.39, 0.29) is 29.8 Å². The minimum absolute atomic E-state index is 0.0112. The molecule has 0 radical (unpaired) electrons. The van der Waals surface area contributed by atoms with Crippen molar-refractivity contribution in [1.82, 2.24) is 20.1 Å². The van der Waals surface area contributed by atoms with E-state index in [9.17, 15) is 14.0 Å². The molecule has 2 atom stereocenters. The van der Waals surface area contributed by atoms with Gasteiger partial charge in [0.15, 0.2) is 0 Å². The van der Waals surface area contributed by atoms with E-state index < -0.39 is 5.41 Å². The van der Waals surface area contributed by atoms with Crippen LogP contribution in [0.4, 0.5) is 9.18 Å². The van der Waals surface area contributed by atoms with Crippen LogP contribution in [0.15, 0.2) is 48.7 Å². The molecule has 1 aromatic heterocycles. The molecule has 3 heterocycles. The Morgan fingerprint density at radius 3 is 2.48 bits per heavy atom. The lowest BCUT2D eigenvalue weighted by Gasteiger charge is -2.58. The quantitative estimate of drug-likeness (QED) is 0.762. The average molecular weight is 423 g/mol. The van der Waals surface area contributed by atoms with Gasteiger partial charge in [-0.3, -0.25) is 9.78 Å². The number of aromatic nitrogens is 1. The molecule has 0 bridgehead atoms. The van der Waals surface area contributed by atoms with Crippen molar-refractivity contribution in [3.8, 4) is 0 Å². The number of halogens is 1. The second-order valence-corrected chi connectivity index (χ2v) is 8.97. The van der Waals surface area contributed by atoms with E-state index in [0.717, 1.165) is 24.1 Å². The molecule has 2 aliphatic heterocycles. The monoisotopic (exact) mass is 422 g/mol. The number of benzene rings is 1. The number of β-lactam (4-membered cyclic amide) rings is 1. The lowest BCUT2D eigenvalue weighted by atomic mass is 9.63. The summed E-state index contributed by atoms with van der Waals surface area (Å²) in [6.07, 6.45) is 5.22. The molecule has 3 amide bonds. The van der Waals surface area contributed by atoms with Gasteiger partial charge >= 0.3 is 6.03 Å². The van der Waals surface area contributed by atoms with E-state index >= 15 is 0 Å². The van der Waals surface area contributed by atoms with Crippen LogP contribution in [-0.2, 0) is 4.79 Å². The van der Waals surface area contributed by atoms with E-state index in [4.69, 9.17) is 0 Å². The van der Waals surface area contributed by atoms with Gasteiger partial charge in [-0.25, -0.2) is 9.18 Å². The summed E-state index contributed by atoms with van der Waals surface area (Å²) < 4.78 is 13.2. The van der Waals surface area contributed by atoms with Crippen molar-refractivity contribution in [2.24, 2.45) is 5.41 Å². The molecular formula is C24H27FN4O2. The van der Waals surface area contributed by atoms with Crippen LogP contribution in [-0.4, -0.2) is 45.9 Å². The number of amides is 3. The fraction of sp³-hybridized carbons (Fsp3) is 0.458. The highest BCUT2D eigenvalue weighted by molar-refractivity contribution is 5.91. The molecule has 1 spiro atoms. The van der Waals surface area contributed by atoms with Gasteiger partial charge < -0.3 is 15.1 Å². The standard InChI is InChI=1S/C24H27FN4O2/c1-16(17-5-7-18(25)8-6-17)27-23(31)28-14-11-24(12-15-28)21(20-4-2-3-13-26-20)29(22(24)30)19-9-10-19/h2-8,13,16,19,21H,9-12,14-15H2,1H3,(H,27,31)/t16-,21?/m1/s1. The van der Waals surface area contributed by atoms with E-state index in [1.54, 1.807) is 23.2 Å². The number of nitrogens with zero attached hydrogens (tertiary/aromatic N) is 3. The number of carbonyl (C=O) groups is 2. The molecule has 7 heteroatoms. The fourth-order valence-electron chi connectivity index (χ4n) is 5.09. The SMILES string of the molecule is C[C@@H](NC(=O)N1CCC2(CC1)C(=O)N(C1CC1)C2c1ccccn1)c1ccc(F)cc1. The highest BCUT2D eigenvalue weighted by atomic mass is 19.1. The molecule has 6 nitrogen and oxygen atoms in total. The van der Waals surface area contributed by atoms with E-state index in [0.29, 0.717) is 32.0 Å². The topological polar surface area (TPSA) is 65.5 Å². The van der Waals surface area contributed by atoms with Gasteiger partial charge in [-0.05, 0) is 62.4 Å². The number of hydrogen-bond acceptors (Lipinski definition) is 3. The van der Waals surface area contributed by atoms with Crippen LogP contribution in [0.3, 0.4) is 0 Å². The molecule has 162 valence electrons. The Balaban J connectivity index is 1.26. The smallest absolute Gasteiger partial charge is 0.317 e. The Hall–Kier alpha value is -2.96. The summed E-state index contributed by atoms with van der Waals surface area (Å²) in [5.74, 6) is -0.0677. The Bertz CT molecular complexity index is 969. The third-order valence-corrected chi connectivity index (χ3v) is 7.02. The number of piperidine rings is 1. The number of carbonyl (C=O) groups excluding carboxylic acids is 2. The second kappa shape index (κ2) is 7.62. The van der Waals surface area contributed by atoms with E-state index in [2.05, 4.69) is 10.3 Å². The third kappa shape index (κ3) is 3.46. The van der Waals surface area contributed by atoms with Crippen molar-refractivity contribution in [2.45, 2.75) is 50.7 Å². The predicted octanol–water partition coefficient (Wildman–Crippen LogP) is 3.82. The molecule has 2 saturated heterocycles. The maximum atomic E-state index is 13.2. The molecule has 1 aliphatic carbocycles. The highest BCUT2D eigenvalue weighted by Crippen LogP contribution is 2.58. The van der Waals surface area contributed by atoms with Crippen molar-refractivity contribution in [3.63, 3.8) is 0 Å². The van der Waals surface area contributed by atoms with Crippen LogP contribution in [0.2, 0.25) is 0 Å². The Morgan fingerprint density at radius 2 is 1.87 bits per heavy atom. The summed E-state index contributed by atoms with van der Waals surface area (Å²) >= 11 is 0. The van der Waals surface area contributed by atoms with Crippen LogP contribution < -0.4 is 5.32 Å². The summed E-state index contributed by atoms with van der Waals surface area (Å²) in [5, 5.41) is 3.00. The summed E-state index contributed by atoms with van der Waals surface area (Å²) in [4.78, 5) is 34.4. The zero-order chi connectivity index (χ0) is 21.6. The summed E-state index contributed by atoms with van der Waals surface area (Å²) in [5.41, 5.74) is 1.36. The van der Waals surface area contributed by atoms with Crippen LogP contribution in [0.5, 0.6) is 0 Å². The third-order valence-electron chi connectivity index (χ3n) is 7.02. The van der Waals surface area contributed by atoms with E-state index in [1.165, 1.54) is 12.1 Å². The van der Waals surface area contributed by atoms with Gasteiger partial charge in [0, 0.05) is 25.3 Å². The number of pyridine rings is 1. The van der Waals surface area contributed by atoms with Gasteiger partial charge in [-0.15, -0.1) is 0 Å². The molecule has 3 fully saturated rings. The van der Waals surface area contributed by atoms with Crippen molar-refractivity contribution >= 4 is 11.9 Å². The lowest BCUT2D eigenvalue weighted by Crippen LogP contribution is -2.67. The van der Waals surface area contributed by atoms with Gasteiger partial charge in [-0.1, -0.05) is 18.2 Å². The number of nitrogens with one attached hydrogen (secondary N) is 1. The number of rotatable bonds is 4. The van der Waals surface area contributed by atoms with Gasteiger partial charge in [0.1, 0.15) is 5.82 Å². The van der Waals surface area contributed by atoms with E-state index in [1.807, 2.05) is 30.0 Å². The highest BCUT2D eigenvalue weighted by Gasteiger charge is 2.65. The molecule has 5 rings (SSSR count). The fourth-order valence-corrected chi connectivity index (χ4v) is 5.09. The predicted molar refractivity (Wildman–Crippen MR) is 113 cm³/mol. The van der Waals surface area contributed by atoms with Gasteiger partial charge in [0.2, 0.25) is 5.91 Å². The second-order valence-electron chi connectivity index (χ2n) is 8.97. The Morgan fingerprint density at radius 1 is 1.16 bits per heavy atom. The minimum atomic E-state index is -0.448. The van der Waals surface area contributed by atoms with Crippen molar-refractivity contribution < 1.29 is 14.0 Å². The zero-order valence-electron chi connectivity index (χ0n) is 17.6. The summed E-state index contributed by atoms with van der Waals surface area (Å²) in [6.45, 7) is 2.96. The number of hydrogen-bond donors (Lipinski definition) is 1. The maximum absolute atomic E-state index is 13.2. The first-order chi connectivity index (χ1) is 15.0. The van der Waals surface area contributed by atoms with Crippen molar-refractivity contribution in [1.29, 1.82) is 0 Å². The van der Waals surface area contributed by atoms with Gasteiger partial charge in [-0.2, -0.15) is 0 Å². The molecule has 3 aliphatic rings. The Labute approximate surface area is 181 Å². The van der Waals surface area contributed by atoms with Gasteiger partial charge in [0.05, 0.1) is 23.2 Å².